The summed E-state index contributed by atoms with van der Waals surface area (Å²) in [5, 5.41) is 6.26. The Morgan fingerprint density at radius 3 is 2.52 bits per heavy atom. The Morgan fingerprint density at radius 1 is 1.02 bits per heavy atom. The number of rotatable bonds is 10. The van der Waals surface area contributed by atoms with Crippen molar-refractivity contribution in [3.8, 4) is 17.6 Å². The average Bonchev–Trinajstić information content (AvgIpc) is 2.99. The van der Waals surface area contributed by atoms with Gasteiger partial charge in [-0.05, 0) is 48.9 Å². The molecule has 4 aromatic rings. The lowest BCUT2D eigenvalue weighted by Crippen LogP contribution is -2.28. The summed E-state index contributed by atoms with van der Waals surface area (Å²) in [6, 6.07) is 16.8. The van der Waals surface area contributed by atoms with Crippen molar-refractivity contribution in [2.75, 3.05) is 31.3 Å². The van der Waals surface area contributed by atoms with Crippen LogP contribution in [0.4, 0.5) is 27.5 Å². The first-order valence-corrected chi connectivity index (χ1v) is 12.4. The molecule has 2 aromatic heterocycles. The van der Waals surface area contributed by atoms with Crippen LogP contribution in [0, 0.1) is 17.8 Å². The van der Waals surface area contributed by atoms with E-state index in [2.05, 4.69) is 37.4 Å². The summed E-state index contributed by atoms with van der Waals surface area (Å²) in [7, 11) is 3.30. The number of hydrogen-bond donors (Lipinski definition) is 2. The van der Waals surface area contributed by atoms with Crippen molar-refractivity contribution in [3.05, 3.63) is 95.7 Å². The van der Waals surface area contributed by atoms with E-state index in [-0.39, 0.29) is 11.9 Å². The summed E-state index contributed by atoms with van der Waals surface area (Å²) in [6.07, 6.45) is 4.79. The van der Waals surface area contributed by atoms with Gasteiger partial charge in [0.05, 0.1) is 36.3 Å². The van der Waals surface area contributed by atoms with Gasteiger partial charge in [0.15, 0.2) is 12.1 Å². The van der Waals surface area contributed by atoms with Crippen LogP contribution in [0.15, 0.2) is 73.1 Å². The second-order valence-corrected chi connectivity index (χ2v) is 8.64. The van der Waals surface area contributed by atoms with Crippen LogP contribution in [0.5, 0.6) is 5.75 Å². The number of unbranched alkanes of at least 4 members (excludes halogenated alkanes) is 1. The number of aromatic nitrogens is 3. The van der Waals surface area contributed by atoms with Crippen LogP contribution >= 0.6 is 0 Å². The fourth-order valence-electron chi connectivity index (χ4n) is 3.68. The van der Waals surface area contributed by atoms with Gasteiger partial charge in [-0.3, -0.25) is 9.59 Å². The maximum atomic E-state index is 13.2. The number of amides is 1. The molecule has 0 bridgehead atoms. The molecule has 0 spiro atoms. The first-order valence-electron chi connectivity index (χ1n) is 12.4. The van der Waals surface area contributed by atoms with Gasteiger partial charge in [0.2, 0.25) is 11.9 Å². The lowest BCUT2D eigenvalue weighted by molar-refractivity contribution is 0.0791. The molecule has 4 rings (SSSR count). The molecule has 0 atom stereocenters. The maximum absolute atomic E-state index is 13.2. The van der Waals surface area contributed by atoms with Crippen LogP contribution in [0.1, 0.15) is 39.1 Å². The van der Waals surface area contributed by atoms with Crippen LogP contribution in [0.25, 0.3) is 0 Å². The summed E-state index contributed by atoms with van der Waals surface area (Å²) < 4.78 is 18.4. The van der Waals surface area contributed by atoms with Crippen LogP contribution in [-0.4, -0.2) is 52.7 Å². The topological polar surface area (TPSA) is 109 Å². The number of carbonyl (C=O) groups is 2. The molecule has 0 aliphatic carbocycles. The lowest BCUT2D eigenvalue weighted by atomic mass is 10.1. The van der Waals surface area contributed by atoms with Crippen LogP contribution in [-0.2, 0) is 0 Å². The smallest absolute Gasteiger partial charge is 0.254 e. The van der Waals surface area contributed by atoms with Crippen LogP contribution in [0.3, 0.4) is 0 Å². The number of halogens is 1. The first kappa shape index (κ1) is 27.7. The second kappa shape index (κ2) is 13.5. The molecule has 0 fully saturated rings. The summed E-state index contributed by atoms with van der Waals surface area (Å²) >= 11 is 0. The minimum absolute atomic E-state index is 0.213. The van der Waals surface area contributed by atoms with E-state index < -0.39 is 5.95 Å². The van der Waals surface area contributed by atoms with Gasteiger partial charge in [-0.2, -0.15) is 9.37 Å². The molecule has 1 amide bonds. The third-order valence-electron chi connectivity index (χ3n) is 5.81. The molecule has 0 radical (unpaired) electrons. The largest absolute Gasteiger partial charge is 0.497 e. The molecule has 9 nitrogen and oxygen atoms in total. The number of benzene rings is 2. The highest BCUT2D eigenvalue weighted by Gasteiger charge is 2.14. The zero-order chi connectivity index (χ0) is 28.3. The molecule has 0 unspecified atom stereocenters. The summed E-state index contributed by atoms with van der Waals surface area (Å²) in [6.45, 7) is 0.475. The SMILES string of the molecule is COc1ccc(Nc2nc(Nc3ccc(F)nc3)ncc2C#CCCCN(C)C(=O)c2ccccc2C=O)cc1. The third kappa shape index (κ3) is 7.39. The van der Waals surface area contributed by atoms with Gasteiger partial charge in [-0.15, -0.1) is 0 Å². The Bertz CT molecular complexity index is 1530. The zero-order valence-electron chi connectivity index (χ0n) is 22.0. The summed E-state index contributed by atoms with van der Waals surface area (Å²) in [5.74, 6) is 6.91. The number of ether oxygens (including phenoxy) is 1. The molecule has 2 N–H and O–H groups in total. The minimum Gasteiger partial charge on any atom is -0.497 e. The van der Waals surface area contributed by atoms with Crippen molar-refractivity contribution in [3.63, 3.8) is 0 Å². The van der Waals surface area contributed by atoms with E-state index in [1.807, 2.05) is 24.3 Å². The Labute approximate surface area is 231 Å². The van der Waals surface area contributed by atoms with Crippen molar-refractivity contribution in [2.45, 2.75) is 12.8 Å². The lowest BCUT2D eigenvalue weighted by Gasteiger charge is -2.17. The second-order valence-electron chi connectivity index (χ2n) is 8.64. The Morgan fingerprint density at radius 2 is 1.80 bits per heavy atom. The number of methoxy groups -OCH3 is 1. The predicted octanol–water partition coefficient (Wildman–Crippen LogP) is 5.22. The zero-order valence-corrected chi connectivity index (χ0v) is 22.0. The molecule has 10 heteroatoms. The Kier molecular flexibility index (Phi) is 9.35. The standard InChI is InChI=1S/C30H27FN6O3/c1-37(29(39)26-10-6-5-9-22(26)20-38)17-7-3-4-8-21-18-33-30(35-24-13-16-27(31)32-19-24)36-28(21)34-23-11-14-25(40-2)15-12-23/h5-6,9-16,18-20H,3,7,17H2,1-2H3,(H2,33,34,35,36). The van der Waals surface area contributed by atoms with E-state index in [0.717, 1.165) is 11.4 Å². The molecule has 0 saturated carbocycles. The molecular weight excluding hydrogens is 511 g/mol. The van der Waals surface area contributed by atoms with E-state index >= 15 is 0 Å². The fourth-order valence-corrected chi connectivity index (χ4v) is 3.68. The van der Waals surface area contributed by atoms with E-state index in [0.29, 0.717) is 53.9 Å². The van der Waals surface area contributed by atoms with Gasteiger partial charge in [-0.25, -0.2) is 9.97 Å². The van der Waals surface area contributed by atoms with E-state index in [4.69, 9.17) is 4.74 Å². The number of aldehydes is 1. The highest BCUT2D eigenvalue weighted by atomic mass is 19.1. The number of pyridine rings is 1. The Balaban J connectivity index is 1.45. The van der Waals surface area contributed by atoms with Crippen molar-refractivity contribution in [1.29, 1.82) is 0 Å². The van der Waals surface area contributed by atoms with Gasteiger partial charge < -0.3 is 20.3 Å². The van der Waals surface area contributed by atoms with Crippen molar-refractivity contribution < 1.29 is 18.7 Å². The summed E-state index contributed by atoms with van der Waals surface area (Å²) in [5.41, 5.74) is 2.62. The predicted molar refractivity (Wildman–Crippen MR) is 151 cm³/mol. The van der Waals surface area contributed by atoms with Gasteiger partial charge in [0, 0.05) is 31.3 Å². The molecule has 2 aromatic carbocycles. The molecule has 0 saturated heterocycles. The van der Waals surface area contributed by atoms with Gasteiger partial charge in [-0.1, -0.05) is 30.0 Å². The van der Waals surface area contributed by atoms with Crippen LogP contribution in [0.2, 0.25) is 0 Å². The Hall–Kier alpha value is -5.30. The van der Waals surface area contributed by atoms with E-state index in [9.17, 15) is 14.0 Å². The first-order chi connectivity index (χ1) is 19.5. The third-order valence-corrected chi connectivity index (χ3v) is 5.81. The normalized spacial score (nSPS) is 10.2. The molecule has 0 aliphatic rings. The van der Waals surface area contributed by atoms with Gasteiger partial charge in [0.25, 0.3) is 5.91 Å². The molecule has 202 valence electrons. The molecule has 0 aliphatic heterocycles. The number of anilines is 4. The monoisotopic (exact) mass is 538 g/mol. The number of carbonyl (C=O) groups excluding carboxylic acids is 2. The fraction of sp³-hybridized carbons (Fsp3) is 0.167. The number of nitrogens with zero attached hydrogens (tertiary/aromatic N) is 4. The number of hydrogen-bond acceptors (Lipinski definition) is 8. The average molecular weight is 539 g/mol. The highest BCUT2D eigenvalue weighted by molar-refractivity contribution is 6.01. The van der Waals surface area contributed by atoms with E-state index in [1.54, 1.807) is 49.5 Å². The minimum atomic E-state index is -0.583. The molecule has 2 heterocycles. The summed E-state index contributed by atoms with van der Waals surface area (Å²) in [4.78, 5) is 38.1. The molecular formula is C30H27FN6O3. The maximum Gasteiger partial charge on any atom is 0.254 e. The number of nitrogens with one attached hydrogen (secondary N) is 2. The van der Waals surface area contributed by atoms with Crippen LogP contribution < -0.4 is 15.4 Å². The van der Waals surface area contributed by atoms with Gasteiger partial charge >= 0.3 is 0 Å². The highest BCUT2D eigenvalue weighted by Crippen LogP contribution is 2.23. The van der Waals surface area contributed by atoms with Gasteiger partial charge in [0.1, 0.15) is 5.75 Å². The molecule has 40 heavy (non-hydrogen) atoms. The van der Waals surface area contributed by atoms with Crippen molar-refractivity contribution in [2.24, 2.45) is 0 Å². The van der Waals surface area contributed by atoms with E-state index in [1.165, 1.54) is 18.3 Å². The van der Waals surface area contributed by atoms with Crippen molar-refractivity contribution in [1.82, 2.24) is 19.9 Å². The quantitative estimate of drug-likeness (QED) is 0.122. The van der Waals surface area contributed by atoms with Crippen molar-refractivity contribution >= 4 is 35.3 Å².